The summed E-state index contributed by atoms with van der Waals surface area (Å²) in [6.07, 6.45) is 1.16. The summed E-state index contributed by atoms with van der Waals surface area (Å²) in [7, 11) is 0. The van der Waals surface area contributed by atoms with Gasteiger partial charge >= 0.3 is 0 Å². The number of nitrogens with zero attached hydrogens (tertiary/aromatic N) is 1. The number of imidazole rings is 1. The zero-order valence-corrected chi connectivity index (χ0v) is 11.2. The molecule has 0 radical (unpaired) electrons. The predicted octanol–water partition coefficient (Wildman–Crippen LogP) is 2.72. The van der Waals surface area contributed by atoms with Gasteiger partial charge in [-0.1, -0.05) is 55.1 Å². The molecule has 0 saturated carbocycles. The third-order valence-corrected chi connectivity index (χ3v) is 3.43. The summed E-state index contributed by atoms with van der Waals surface area (Å²) in [5.41, 5.74) is 2.95. The minimum absolute atomic E-state index is 0.656. The van der Waals surface area contributed by atoms with Crippen LogP contribution in [0, 0.1) is 0 Å². The number of aliphatic hydroxyl groups is 1. The number of aliphatic hydroxyl groups excluding tert-OH is 1. The molecule has 1 atom stereocenters. The monoisotopic (exact) mass is 265 g/mol. The van der Waals surface area contributed by atoms with Crippen LogP contribution < -0.4 is 4.57 Å². The van der Waals surface area contributed by atoms with Gasteiger partial charge in [-0.15, -0.1) is 0 Å². The van der Waals surface area contributed by atoms with Crippen LogP contribution in [0.25, 0.3) is 11.0 Å². The Morgan fingerprint density at radius 1 is 1.10 bits per heavy atom. The lowest BCUT2D eigenvalue weighted by Crippen LogP contribution is -2.37. The molecule has 1 unspecified atom stereocenters. The van der Waals surface area contributed by atoms with Gasteiger partial charge in [-0.25, -0.2) is 9.55 Å². The molecule has 2 aromatic carbocycles. The van der Waals surface area contributed by atoms with E-state index in [2.05, 4.69) is 16.1 Å². The Morgan fingerprint density at radius 3 is 2.55 bits per heavy atom. The van der Waals surface area contributed by atoms with Crippen LogP contribution in [-0.4, -0.2) is 10.1 Å². The van der Waals surface area contributed by atoms with E-state index in [1.165, 1.54) is 0 Å². The molecule has 0 aliphatic heterocycles. The molecule has 1 aromatic heterocycles. The van der Waals surface area contributed by atoms with Crippen molar-refractivity contribution < 1.29 is 9.67 Å². The summed E-state index contributed by atoms with van der Waals surface area (Å²) >= 11 is 0. The van der Waals surface area contributed by atoms with Gasteiger partial charge in [0.1, 0.15) is 6.54 Å². The minimum atomic E-state index is -0.677. The number of hydrogen-bond acceptors (Lipinski definition) is 1. The number of fused-ring (bicyclic) bond motifs is 1. The highest BCUT2D eigenvalue weighted by molar-refractivity contribution is 5.71. The SMILES string of the molecule is C=CC[n+]1c(C(O)c2ccccc2)[nH]c2ccccc21. The van der Waals surface area contributed by atoms with Gasteiger partial charge in [-0.2, -0.15) is 0 Å². The van der Waals surface area contributed by atoms with Gasteiger partial charge in [-0.05, 0) is 17.7 Å². The maximum absolute atomic E-state index is 10.6. The molecule has 3 aromatic rings. The lowest BCUT2D eigenvalue weighted by atomic mass is 10.1. The second kappa shape index (κ2) is 5.31. The fourth-order valence-corrected chi connectivity index (χ4v) is 2.48. The Labute approximate surface area is 117 Å². The topological polar surface area (TPSA) is 39.9 Å². The van der Waals surface area contributed by atoms with E-state index in [4.69, 9.17) is 0 Å². The molecule has 3 heteroatoms. The van der Waals surface area contributed by atoms with E-state index in [1.807, 2.05) is 60.7 Å². The van der Waals surface area contributed by atoms with Crippen molar-refractivity contribution >= 4 is 11.0 Å². The average Bonchev–Trinajstić information content (AvgIpc) is 2.87. The maximum atomic E-state index is 10.6. The summed E-state index contributed by atoms with van der Waals surface area (Å²) in [6, 6.07) is 17.7. The first kappa shape index (κ1) is 12.6. The fourth-order valence-electron chi connectivity index (χ4n) is 2.48. The summed E-state index contributed by atoms with van der Waals surface area (Å²) in [4.78, 5) is 3.31. The first-order chi connectivity index (χ1) is 9.81. The lowest BCUT2D eigenvalue weighted by Gasteiger charge is -2.07. The number of hydrogen-bond donors (Lipinski definition) is 2. The van der Waals surface area contributed by atoms with E-state index < -0.39 is 6.10 Å². The van der Waals surface area contributed by atoms with Crippen LogP contribution in [0.2, 0.25) is 0 Å². The third kappa shape index (κ3) is 2.12. The van der Waals surface area contributed by atoms with Crippen LogP contribution >= 0.6 is 0 Å². The van der Waals surface area contributed by atoms with Gasteiger partial charge in [0.05, 0.1) is 0 Å². The minimum Gasteiger partial charge on any atom is -0.376 e. The number of allylic oxidation sites excluding steroid dienone is 1. The molecule has 0 aliphatic rings. The molecule has 0 aliphatic carbocycles. The van der Waals surface area contributed by atoms with Gasteiger partial charge in [-0.3, -0.25) is 0 Å². The van der Waals surface area contributed by atoms with Crippen molar-refractivity contribution in [2.45, 2.75) is 12.6 Å². The van der Waals surface area contributed by atoms with E-state index in [0.29, 0.717) is 6.54 Å². The Morgan fingerprint density at radius 2 is 1.80 bits per heavy atom. The van der Waals surface area contributed by atoms with Gasteiger partial charge in [0, 0.05) is 0 Å². The fraction of sp³-hybridized carbons (Fsp3) is 0.118. The number of H-pyrrole nitrogens is 1. The molecular weight excluding hydrogens is 248 g/mol. The van der Waals surface area contributed by atoms with Crippen LogP contribution in [0.1, 0.15) is 17.5 Å². The molecule has 3 nitrogen and oxygen atoms in total. The number of nitrogens with one attached hydrogen (secondary N) is 1. The average molecular weight is 265 g/mol. The van der Waals surface area contributed by atoms with Crippen LogP contribution in [-0.2, 0) is 6.54 Å². The highest BCUT2D eigenvalue weighted by atomic mass is 16.3. The number of para-hydroxylation sites is 2. The first-order valence-electron chi connectivity index (χ1n) is 6.65. The second-order valence-electron chi connectivity index (χ2n) is 4.74. The highest BCUT2D eigenvalue weighted by Crippen LogP contribution is 2.20. The molecule has 0 saturated heterocycles. The molecule has 0 fully saturated rings. The number of aromatic nitrogens is 2. The molecule has 2 N–H and O–H groups in total. The molecule has 0 bridgehead atoms. The Hall–Kier alpha value is -2.39. The van der Waals surface area contributed by atoms with Gasteiger partial charge in [0.2, 0.25) is 0 Å². The quantitative estimate of drug-likeness (QED) is 0.552. The van der Waals surface area contributed by atoms with Crippen molar-refractivity contribution in [3.8, 4) is 0 Å². The Bertz CT molecular complexity index is 731. The summed E-state index contributed by atoms with van der Waals surface area (Å²) in [5, 5.41) is 10.6. The highest BCUT2D eigenvalue weighted by Gasteiger charge is 2.25. The van der Waals surface area contributed by atoms with Crippen molar-refractivity contribution in [1.82, 2.24) is 4.98 Å². The third-order valence-electron chi connectivity index (χ3n) is 3.43. The molecule has 0 spiro atoms. The molecular formula is C17H17N2O+. The smallest absolute Gasteiger partial charge is 0.289 e. The first-order valence-corrected chi connectivity index (χ1v) is 6.65. The summed E-state index contributed by atoms with van der Waals surface area (Å²) in [5.74, 6) is 0.775. The second-order valence-corrected chi connectivity index (χ2v) is 4.74. The normalized spacial score (nSPS) is 12.4. The van der Waals surface area contributed by atoms with E-state index in [0.717, 1.165) is 22.4 Å². The van der Waals surface area contributed by atoms with Crippen LogP contribution in [0.4, 0.5) is 0 Å². The molecule has 0 amide bonds. The lowest BCUT2D eigenvalue weighted by molar-refractivity contribution is -0.671. The van der Waals surface area contributed by atoms with E-state index in [9.17, 15) is 5.11 Å². The van der Waals surface area contributed by atoms with Gasteiger partial charge in [0.15, 0.2) is 17.1 Å². The van der Waals surface area contributed by atoms with Crippen LogP contribution in [0.3, 0.4) is 0 Å². The van der Waals surface area contributed by atoms with Gasteiger partial charge < -0.3 is 5.11 Å². The number of rotatable bonds is 4. The molecule has 100 valence electrons. The van der Waals surface area contributed by atoms with Crippen molar-refractivity contribution in [1.29, 1.82) is 0 Å². The van der Waals surface area contributed by atoms with Crippen LogP contribution in [0.15, 0.2) is 67.3 Å². The molecule has 1 heterocycles. The van der Waals surface area contributed by atoms with Crippen molar-refractivity contribution in [2.75, 3.05) is 0 Å². The van der Waals surface area contributed by atoms with Crippen molar-refractivity contribution in [3.63, 3.8) is 0 Å². The number of aromatic amines is 1. The van der Waals surface area contributed by atoms with E-state index >= 15 is 0 Å². The molecule has 3 rings (SSSR count). The zero-order valence-electron chi connectivity index (χ0n) is 11.2. The Balaban J connectivity index is 2.15. The zero-order chi connectivity index (χ0) is 13.9. The molecule has 20 heavy (non-hydrogen) atoms. The summed E-state index contributed by atoms with van der Waals surface area (Å²) in [6.45, 7) is 4.46. The Kier molecular flexibility index (Phi) is 3.35. The maximum Gasteiger partial charge on any atom is 0.289 e. The predicted molar refractivity (Wildman–Crippen MR) is 79.2 cm³/mol. The number of benzene rings is 2. The van der Waals surface area contributed by atoms with E-state index in [1.54, 1.807) is 0 Å². The van der Waals surface area contributed by atoms with E-state index in [-0.39, 0.29) is 0 Å². The van der Waals surface area contributed by atoms with Crippen molar-refractivity contribution in [2.24, 2.45) is 0 Å². The van der Waals surface area contributed by atoms with Gasteiger partial charge in [0.25, 0.3) is 5.82 Å². The van der Waals surface area contributed by atoms with Crippen LogP contribution in [0.5, 0.6) is 0 Å². The summed E-state index contributed by atoms with van der Waals surface area (Å²) < 4.78 is 2.06. The van der Waals surface area contributed by atoms with Crippen molar-refractivity contribution in [3.05, 3.63) is 78.6 Å². The largest absolute Gasteiger partial charge is 0.376 e. The standard InChI is InChI=1S/C17H16N2O/c1-2-12-19-15-11-7-6-10-14(15)18-17(19)16(20)13-8-4-3-5-9-13/h2-11,16,20H,1,12H2/p+1.